The average molecular weight is 336 g/mol. The molecule has 0 saturated heterocycles. The van der Waals surface area contributed by atoms with Gasteiger partial charge >= 0.3 is 0 Å². The number of aryl methyl sites for hydroxylation is 1. The van der Waals surface area contributed by atoms with Crippen LogP contribution in [0.5, 0.6) is 0 Å². The number of aromatic nitrogens is 2. The lowest BCUT2D eigenvalue weighted by Crippen LogP contribution is -1.85. The summed E-state index contributed by atoms with van der Waals surface area (Å²) in [5.41, 5.74) is 8.80. The first-order valence-corrected chi connectivity index (χ1v) is 7.20. The predicted octanol–water partition coefficient (Wildman–Crippen LogP) is 4.03. The number of halogens is 1. The second-order valence-corrected chi connectivity index (χ2v) is 5.85. The number of pyridine rings is 1. The molecule has 0 unspecified atom stereocenters. The highest BCUT2D eigenvalue weighted by atomic mass is 79.9. The first-order valence-electron chi connectivity index (χ1n) is 5.59. The van der Waals surface area contributed by atoms with Gasteiger partial charge in [-0.25, -0.2) is 9.97 Å². The van der Waals surface area contributed by atoms with Crippen molar-refractivity contribution in [2.45, 2.75) is 17.2 Å². The third kappa shape index (κ3) is 2.59. The molecule has 0 atom stereocenters. The van der Waals surface area contributed by atoms with Crippen LogP contribution < -0.4 is 5.73 Å². The van der Waals surface area contributed by atoms with Gasteiger partial charge in [0.25, 0.3) is 5.22 Å². The number of hydrogen-bond acceptors (Lipinski definition) is 5. The van der Waals surface area contributed by atoms with Crippen molar-refractivity contribution in [3.8, 4) is 0 Å². The number of benzene rings is 1. The summed E-state index contributed by atoms with van der Waals surface area (Å²) in [7, 11) is 0. The van der Waals surface area contributed by atoms with Crippen molar-refractivity contribution in [1.29, 1.82) is 0 Å². The van der Waals surface area contributed by atoms with E-state index < -0.39 is 0 Å². The largest absolute Gasteiger partial charge is 0.431 e. The Morgan fingerprint density at radius 2 is 2.05 bits per heavy atom. The molecule has 0 bridgehead atoms. The summed E-state index contributed by atoms with van der Waals surface area (Å²) in [5.74, 6) is 0. The van der Waals surface area contributed by atoms with E-state index in [0.717, 1.165) is 20.7 Å². The lowest BCUT2D eigenvalue weighted by molar-refractivity contribution is 0.489. The number of oxazole rings is 1. The predicted molar refractivity (Wildman–Crippen MR) is 79.2 cm³/mol. The number of nitrogens with zero attached hydrogens (tertiary/aromatic N) is 2. The van der Waals surface area contributed by atoms with Gasteiger partial charge in [0.2, 0.25) is 0 Å². The topological polar surface area (TPSA) is 64.9 Å². The van der Waals surface area contributed by atoms with Gasteiger partial charge in [0.05, 0.1) is 5.69 Å². The van der Waals surface area contributed by atoms with Crippen LogP contribution in [0.3, 0.4) is 0 Å². The van der Waals surface area contributed by atoms with Crippen LogP contribution >= 0.6 is 27.7 Å². The standard InChI is InChI=1S/C13H10BrN3OS/c1-7-9(14)3-5-12(16-7)19-13-17-10-4-2-8(15)6-11(10)18-13/h2-6H,15H2,1H3. The highest BCUT2D eigenvalue weighted by molar-refractivity contribution is 9.10. The molecule has 96 valence electrons. The van der Waals surface area contributed by atoms with Crippen LogP contribution in [0, 0.1) is 6.92 Å². The molecule has 1 aromatic carbocycles. The van der Waals surface area contributed by atoms with E-state index in [2.05, 4.69) is 25.9 Å². The number of rotatable bonds is 2. The Balaban J connectivity index is 1.94. The molecule has 0 amide bonds. The number of fused-ring (bicyclic) bond motifs is 1. The van der Waals surface area contributed by atoms with Crippen molar-refractivity contribution in [1.82, 2.24) is 9.97 Å². The fourth-order valence-corrected chi connectivity index (χ4v) is 2.62. The Bertz CT molecular complexity index is 757. The van der Waals surface area contributed by atoms with E-state index in [4.69, 9.17) is 10.2 Å². The summed E-state index contributed by atoms with van der Waals surface area (Å²) in [6, 6.07) is 9.31. The van der Waals surface area contributed by atoms with Gasteiger partial charge in [-0.3, -0.25) is 0 Å². The van der Waals surface area contributed by atoms with Crippen LogP contribution in [-0.4, -0.2) is 9.97 Å². The van der Waals surface area contributed by atoms with Crippen LogP contribution in [0.4, 0.5) is 5.69 Å². The van der Waals surface area contributed by atoms with E-state index >= 15 is 0 Å². The first-order chi connectivity index (χ1) is 9.11. The van der Waals surface area contributed by atoms with Gasteiger partial charge in [-0.2, -0.15) is 0 Å². The van der Waals surface area contributed by atoms with Crippen LogP contribution in [0.25, 0.3) is 11.1 Å². The molecule has 3 aromatic rings. The van der Waals surface area contributed by atoms with Crippen LogP contribution in [0.2, 0.25) is 0 Å². The third-order valence-electron chi connectivity index (χ3n) is 2.58. The van der Waals surface area contributed by atoms with E-state index in [1.165, 1.54) is 11.8 Å². The van der Waals surface area contributed by atoms with Crippen LogP contribution in [0.15, 0.2) is 49.5 Å². The van der Waals surface area contributed by atoms with Gasteiger partial charge in [0.1, 0.15) is 10.5 Å². The molecule has 6 heteroatoms. The smallest absolute Gasteiger partial charge is 0.263 e. The normalized spacial score (nSPS) is 11.1. The molecule has 0 radical (unpaired) electrons. The molecule has 0 aliphatic carbocycles. The molecule has 0 aliphatic heterocycles. The van der Waals surface area contributed by atoms with E-state index in [9.17, 15) is 0 Å². The zero-order valence-corrected chi connectivity index (χ0v) is 12.5. The van der Waals surface area contributed by atoms with Crippen molar-refractivity contribution in [3.05, 3.63) is 40.5 Å². The van der Waals surface area contributed by atoms with Crippen LogP contribution in [0.1, 0.15) is 5.69 Å². The summed E-state index contributed by atoms with van der Waals surface area (Å²) >= 11 is 4.82. The van der Waals surface area contributed by atoms with Crippen molar-refractivity contribution < 1.29 is 4.42 Å². The minimum absolute atomic E-state index is 0.565. The fraction of sp³-hybridized carbons (Fsp3) is 0.0769. The molecule has 0 aliphatic rings. The Morgan fingerprint density at radius 1 is 1.21 bits per heavy atom. The summed E-state index contributed by atoms with van der Waals surface area (Å²) < 4.78 is 6.63. The minimum atomic E-state index is 0.565. The Hall–Kier alpha value is -1.53. The van der Waals surface area contributed by atoms with Gasteiger partial charge in [0.15, 0.2) is 5.58 Å². The first kappa shape index (κ1) is 12.5. The monoisotopic (exact) mass is 335 g/mol. The van der Waals surface area contributed by atoms with E-state index in [0.29, 0.717) is 16.5 Å². The van der Waals surface area contributed by atoms with E-state index in [-0.39, 0.29) is 0 Å². The average Bonchev–Trinajstić information content (AvgIpc) is 2.75. The van der Waals surface area contributed by atoms with Crippen molar-refractivity contribution in [3.63, 3.8) is 0 Å². The minimum Gasteiger partial charge on any atom is -0.431 e. The van der Waals surface area contributed by atoms with Crippen molar-refractivity contribution >= 4 is 44.5 Å². The fourth-order valence-electron chi connectivity index (χ4n) is 1.63. The molecular weight excluding hydrogens is 326 g/mol. The maximum Gasteiger partial charge on any atom is 0.263 e. The summed E-state index contributed by atoms with van der Waals surface area (Å²) in [6.07, 6.45) is 0. The van der Waals surface area contributed by atoms with Crippen molar-refractivity contribution in [2.75, 3.05) is 5.73 Å². The molecular formula is C13H10BrN3OS. The van der Waals surface area contributed by atoms with Gasteiger partial charge in [-0.15, -0.1) is 0 Å². The highest BCUT2D eigenvalue weighted by Crippen LogP contribution is 2.30. The van der Waals surface area contributed by atoms with Gasteiger partial charge in [-0.05, 0) is 58.9 Å². The van der Waals surface area contributed by atoms with E-state index in [1.807, 2.05) is 25.1 Å². The molecule has 0 fully saturated rings. The Morgan fingerprint density at radius 3 is 2.84 bits per heavy atom. The number of anilines is 1. The second-order valence-electron chi connectivity index (χ2n) is 4.03. The molecule has 2 N–H and O–H groups in total. The molecule has 2 heterocycles. The molecule has 0 saturated carbocycles. The van der Waals surface area contributed by atoms with Crippen molar-refractivity contribution in [2.24, 2.45) is 0 Å². The lowest BCUT2D eigenvalue weighted by Gasteiger charge is -1.99. The number of nitrogens with two attached hydrogens (primary N) is 1. The zero-order chi connectivity index (χ0) is 13.4. The molecule has 3 rings (SSSR count). The van der Waals surface area contributed by atoms with E-state index in [1.54, 1.807) is 12.1 Å². The Kier molecular flexibility index (Phi) is 3.20. The molecule has 0 spiro atoms. The Labute approximate surface area is 122 Å². The second kappa shape index (κ2) is 4.86. The molecule has 2 aromatic heterocycles. The number of hydrogen-bond donors (Lipinski definition) is 1. The number of nitrogen functional groups attached to an aromatic ring is 1. The van der Waals surface area contributed by atoms with Gasteiger partial charge < -0.3 is 10.2 Å². The van der Waals surface area contributed by atoms with Gasteiger partial charge in [0, 0.05) is 16.2 Å². The quantitative estimate of drug-likeness (QED) is 0.716. The highest BCUT2D eigenvalue weighted by Gasteiger charge is 2.09. The summed E-state index contributed by atoms with van der Waals surface area (Å²) in [5, 5.41) is 1.41. The zero-order valence-electron chi connectivity index (χ0n) is 10.1. The maximum absolute atomic E-state index is 5.71. The van der Waals surface area contributed by atoms with Crippen LogP contribution in [-0.2, 0) is 0 Å². The third-order valence-corrected chi connectivity index (χ3v) is 4.20. The summed E-state index contributed by atoms with van der Waals surface area (Å²) in [6.45, 7) is 1.95. The maximum atomic E-state index is 5.71. The van der Waals surface area contributed by atoms with Gasteiger partial charge in [-0.1, -0.05) is 0 Å². The molecule has 19 heavy (non-hydrogen) atoms. The lowest BCUT2D eigenvalue weighted by atomic mass is 10.3. The SMILES string of the molecule is Cc1nc(Sc2nc3ccc(N)cc3o2)ccc1Br. The molecule has 4 nitrogen and oxygen atoms in total. The summed E-state index contributed by atoms with van der Waals surface area (Å²) in [4.78, 5) is 8.84.